The minimum Gasteiger partial charge on any atom is -0.323 e. The quantitative estimate of drug-likeness (QED) is 0.612. The third-order valence-corrected chi connectivity index (χ3v) is 6.96. The number of carbonyl (C=O) groups is 1. The van der Waals surface area contributed by atoms with E-state index >= 15 is 0 Å². The molecular formula is C25H24N4O3S. The molecule has 0 unspecified atom stereocenters. The van der Waals surface area contributed by atoms with Gasteiger partial charge in [-0.15, -0.1) is 0 Å². The highest BCUT2D eigenvalue weighted by Gasteiger charge is 2.29. The van der Waals surface area contributed by atoms with Crippen LogP contribution in [0.15, 0.2) is 77.7 Å². The lowest BCUT2D eigenvalue weighted by molar-refractivity contribution is 0.213. The number of urea groups is 1. The average Bonchev–Trinajstić information content (AvgIpc) is 2.84. The van der Waals surface area contributed by atoms with Crippen molar-refractivity contribution in [3.05, 3.63) is 89.5 Å². The normalized spacial score (nSPS) is 13.0. The second-order valence-corrected chi connectivity index (χ2v) is 9.62. The molecule has 1 N–H and O–H groups in total. The van der Waals surface area contributed by atoms with Gasteiger partial charge in [-0.3, -0.25) is 9.62 Å². The number of hydrogen-bond acceptors (Lipinski definition) is 4. The van der Waals surface area contributed by atoms with Gasteiger partial charge in [-0.05, 0) is 54.3 Å². The first-order valence-electron chi connectivity index (χ1n) is 10.6. The lowest BCUT2D eigenvalue weighted by Crippen LogP contribution is -2.44. The van der Waals surface area contributed by atoms with Gasteiger partial charge in [0.1, 0.15) is 0 Å². The van der Waals surface area contributed by atoms with Crippen LogP contribution in [-0.4, -0.2) is 32.9 Å². The number of rotatable bonds is 5. The first-order chi connectivity index (χ1) is 15.9. The molecule has 0 fully saturated rings. The fraction of sp³-hybridized carbons (Fsp3) is 0.200. The number of nitrogens with one attached hydrogen (secondary N) is 1. The summed E-state index contributed by atoms with van der Waals surface area (Å²) in [6.07, 6.45) is 1.55. The molecule has 0 saturated carbocycles. The van der Waals surface area contributed by atoms with Gasteiger partial charge in [0.25, 0.3) is 10.0 Å². The zero-order valence-corrected chi connectivity index (χ0v) is 19.0. The van der Waals surface area contributed by atoms with Crippen LogP contribution >= 0.6 is 0 Å². The van der Waals surface area contributed by atoms with Crippen molar-refractivity contribution in [2.75, 3.05) is 23.2 Å². The first-order valence-corrected chi connectivity index (χ1v) is 12.1. The number of sulfonamides is 1. The number of nitriles is 1. The molecule has 0 spiro atoms. The van der Waals surface area contributed by atoms with Gasteiger partial charge < -0.3 is 4.90 Å². The van der Waals surface area contributed by atoms with E-state index in [2.05, 4.69) is 10.8 Å². The van der Waals surface area contributed by atoms with E-state index < -0.39 is 10.0 Å². The molecule has 0 bridgehead atoms. The van der Waals surface area contributed by atoms with Gasteiger partial charge in [-0.2, -0.15) is 5.26 Å². The number of carbonyl (C=O) groups excluding carboxylic acids is 1. The van der Waals surface area contributed by atoms with E-state index in [9.17, 15) is 13.2 Å². The number of nitrogens with zero attached hydrogens (tertiary/aromatic N) is 3. The molecule has 8 heteroatoms. The number of anilines is 2. The summed E-state index contributed by atoms with van der Waals surface area (Å²) in [6, 6.07) is 22.5. The summed E-state index contributed by atoms with van der Waals surface area (Å²) >= 11 is 0. The molecule has 168 valence electrons. The van der Waals surface area contributed by atoms with Crippen molar-refractivity contribution in [2.45, 2.75) is 24.3 Å². The van der Waals surface area contributed by atoms with Crippen LogP contribution in [0, 0.1) is 11.3 Å². The van der Waals surface area contributed by atoms with Gasteiger partial charge >= 0.3 is 6.03 Å². The Morgan fingerprint density at radius 3 is 2.48 bits per heavy atom. The Morgan fingerprint density at radius 1 is 1.06 bits per heavy atom. The van der Waals surface area contributed by atoms with Crippen LogP contribution in [0.3, 0.4) is 0 Å². The van der Waals surface area contributed by atoms with Crippen LogP contribution in [0.1, 0.15) is 23.1 Å². The van der Waals surface area contributed by atoms with Crippen molar-refractivity contribution in [2.24, 2.45) is 0 Å². The molecule has 3 aromatic carbocycles. The highest BCUT2D eigenvalue weighted by molar-refractivity contribution is 7.92. The number of aryl methyl sites for hydroxylation is 1. The number of benzene rings is 3. The van der Waals surface area contributed by atoms with E-state index in [0.717, 1.165) is 24.0 Å². The molecule has 2 amide bonds. The molecule has 0 atom stereocenters. The van der Waals surface area contributed by atoms with Crippen LogP contribution in [-0.2, 0) is 23.0 Å². The molecule has 3 aromatic rings. The molecule has 1 aliphatic rings. The lowest BCUT2D eigenvalue weighted by Gasteiger charge is -2.34. The minimum atomic E-state index is -3.80. The molecule has 0 saturated heterocycles. The maximum Gasteiger partial charge on any atom is 0.324 e. The van der Waals surface area contributed by atoms with Crippen LogP contribution in [0.2, 0.25) is 0 Å². The number of hydrogen-bond donors (Lipinski definition) is 1. The zero-order chi connectivity index (χ0) is 23.4. The summed E-state index contributed by atoms with van der Waals surface area (Å²) in [5.41, 5.74) is 3.37. The van der Waals surface area contributed by atoms with Crippen LogP contribution in [0.25, 0.3) is 0 Å². The van der Waals surface area contributed by atoms with Gasteiger partial charge in [0.05, 0.1) is 27.9 Å². The lowest BCUT2D eigenvalue weighted by atomic mass is 10.0. The molecule has 0 aliphatic carbocycles. The van der Waals surface area contributed by atoms with Crippen LogP contribution in [0.5, 0.6) is 0 Å². The van der Waals surface area contributed by atoms with Crippen LogP contribution in [0.4, 0.5) is 16.2 Å². The molecule has 4 rings (SSSR count). The molecule has 7 nitrogen and oxygen atoms in total. The summed E-state index contributed by atoms with van der Waals surface area (Å²) in [4.78, 5) is 16.8. The summed E-state index contributed by atoms with van der Waals surface area (Å²) < 4.78 is 28.6. The van der Waals surface area contributed by atoms with Gasteiger partial charge in [-0.25, -0.2) is 13.2 Å². The topological polar surface area (TPSA) is 93.5 Å². The van der Waals surface area contributed by atoms with E-state index in [0.29, 0.717) is 30.0 Å². The predicted molar refractivity (Wildman–Crippen MR) is 127 cm³/mol. The Bertz CT molecular complexity index is 1300. The maximum absolute atomic E-state index is 13.4. The van der Waals surface area contributed by atoms with Gasteiger partial charge in [0, 0.05) is 20.1 Å². The summed E-state index contributed by atoms with van der Waals surface area (Å²) in [5.74, 6) is 0. The summed E-state index contributed by atoms with van der Waals surface area (Å²) in [5, 5.41) is 8.97. The first kappa shape index (κ1) is 22.4. The summed E-state index contributed by atoms with van der Waals surface area (Å²) in [7, 11) is -2.09. The fourth-order valence-electron chi connectivity index (χ4n) is 3.96. The standard InChI is InChI=1S/C25H24N4O3S/c1-28(18-20-14-12-19(17-26)13-15-20)25(30)29-16-6-8-21-7-5-11-23(24(21)29)27-33(31,32)22-9-3-2-4-10-22/h2-5,7,9-15,27H,6,8,16,18H2,1H3. The molecule has 0 radical (unpaired) electrons. The van der Waals surface area contributed by atoms with E-state index in [1.807, 2.05) is 18.2 Å². The Morgan fingerprint density at radius 2 is 1.79 bits per heavy atom. The minimum absolute atomic E-state index is 0.161. The molecule has 33 heavy (non-hydrogen) atoms. The Labute approximate surface area is 193 Å². The van der Waals surface area contributed by atoms with Crippen molar-refractivity contribution in [1.29, 1.82) is 5.26 Å². The van der Waals surface area contributed by atoms with Gasteiger partial charge in [0.2, 0.25) is 0 Å². The van der Waals surface area contributed by atoms with Crippen molar-refractivity contribution >= 4 is 27.4 Å². The third kappa shape index (κ3) is 4.83. The van der Waals surface area contributed by atoms with Crippen molar-refractivity contribution < 1.29 is 13.2 Å². The predicted octanol–water partition coefficient (Wildman–Crippen LogP) is 4.36. The number of para-hydroxylation sites is 1. The SMILES string of the molecule is CN(Cc1ccc(C#N)cc1)C(=O)N1CCCc2cccc(NS(=O)(=O)c3ccccc3)c21. The van der Waals surface area contributed by atoms with E-state index in [4.69, 9.17) is 5.26 Å². The van der Waals surface area contributed by atoms with Crippen LogP contribution < -0.4 is 9.62 Å². The molecule has 1 heterocycles. The smallest absolute Gasteiger partial charge is 0.323 e. The Kier molecular flexibility index (Phi) is 6.33. The van der Waals surface area contributed by atoms with Gasteiger partial charge in [-0.1, -0.05) is 42.5 Å². The Balaban J connectivity index is 1.61. The average molecular weight is 461 g/mol. The Hall–Kier alpha value is -3.83. The summed E-state index contributed by atoms with van der Waals surface area (Å²) in [6.45, 7) is 0.863. The fourth-order valence-corrected chi connectivity index (χ4v) is 5.05. The molecule has 1 aliphatic heterocycles. The van der Waals surface area contributed by atoms with Gasteiger partial charge in [0.15, 0.2) is 0 Å². The number of fused-ring (bicyclic) bond motifs is 1. The largest absolute Gasteiger partial charge is 0.324 e. The molecule has 0 aromatic heterocycles. The van der Waals surface area contributed by atoms with E-state index in [1.165, 1.54) is 12.1 Å². The highest BCUT2D eigenvalue weighted by atomic mass is 32.2. The maximum atomic E-state index is 13.4. The monoisotopic (exact) mass is 460 g/mol. The highest BCUT2D eigenvalue weighted by Crippen LogP contribution is 2.36. The number of amides is 2. The van der Waals surface area contributed by atoms with E-state index in [-0.39, 0.29) is 10.9 Å². The van der Waals surface area contributed by atoms with Crippen molar-refractivity contribution in [1.82, 2.24) is 4.90 Å². The second-order valence-electron chi connectivity index (χ2n) is 7.93. The van der Waals surface area contributed by atoms with Crippen molar-refractivity contribution in [3.63, 3.8) is 0 Å². The van der Waals surface area contributed by atoms with E-state index in [1.54, 1.807) is 59.3 Å². The molecular weight excluding hydrogens is 436 g/mol. The third-order valence-electron chi connectivity index (χ3n) is 5.58. The second kappa shape index (κ2) is 9.35. The van der Waals surface area contributed by atoms with Crippen molar-refractivity contribution in [3.8, 4) is 6.07 Å². The zero-order valence-electron chi connectivity index (χ0n) is 18.2.